The van der Waals surface area contributed by atoms with Gasteiger partial charge in [-0.3, -0.25) is 4.79 Å². The third-order valence-electron chi connectivity index (χ3n) is 7.26. The zero-order valence-corrected chi connectivity index (χ0v) is 19.7. The summed E-state index contributed by atoms with van der Waals surface area (Å²) in [7, 11) is 1.61. The Bertz CT molecular complexity index is 1100. The van der Waals surface area contributed by atoms with Crippen LogP contribution in [0, 0.1) is 5.41 Å². The zero-order valence-electron chi connectivity index (χ0n) is 19.7. The molecular formula is C26H34N2O5. The summed E-state index contributed by atoms with van der Waals surface area (Å²) < 4.78 is 13.8. The third kappa shape index (κ3) is 4.26. The van der Waals surface area contributed by atoms with E-state index < -0.39 is 11.4 Å². The van der Waals surface area contributed by atoms with Crippen LogP contribution in [0.25, 0.3) is 11.3 Å². The Hall–Kier alpha value is -2.80. The van der Waals surface area contributed by atoms with E-state index in [0.717, 1.165) is 67.6 Å². The smallest absolute Gasteiger partial charge is 0.341 e. The molecule has 33 heavy (non-hydrogen) atoms. The normalized spacial score (nSPS) is 20.0. The van der Waals surface area contributed by atoms with Gasteiger partial charge in [-0.2, -0.15) is 0 Å². The number of carboxylic acids is 1. The monoisotopic (exact) mass is 454 g/mol. The van der Waals surface area contributed by atoms with Gasteiger partial charge in [0.2, 0.25) is 0 Å². The van der Waals surface area contributed by atoms with Crippen LogP contribution >= 0.6 is 0 Å². The quantitative estimate of drug-likeness (QED) is 0.538. The molecule has 7 heteroatoms. The summed E-state index contributed by atoms with van der Waals surface area (Å²) in [6, 6.07) is 5.54. The molecule has 1 aromatic carbocycles. The van der Waals surface area contributed by atoms with Gasteiger partial charge in [-0.1, -0.05) is 26.7 Å². The number of rotatable bonds is 9. The summed E-state index contributed by atoms with van der Waals surface area (Å²) in [6.45, 7) is 5.76. The fraction of sp³-hybridized carbons (Fsp3) is 0.538. The van der Waals surface area contributed by atoms with E-state index >= 15 is 0 Å². The van der Waals surface area contributed by atoms with Crippen LogP contribution in [0.15, 0.2) is 29.2 Å². The van der Waals surface area contributed by atoms with Crippen LogP contribution in [0.4, 0.5) is 0 Å². The average Bonchev–Trinajstić information content (AvgIpc) is 3.10. The lowest BCUT2D eigenvalue weighted by Gasteiger charge is -2.40. The number of unbranched alkanes of at least 4 members (excludes halogenated alkanes) is 3. The van der Waals surface area contributed by atoms with Crippen LogP contribution < -0.4 is 20.6 Å². The van der Waals surface area contributed by atoms with Gasteiger partial charge in [0.05, 0.1) is 19.4 Å². The van der Waals surface area contributed by atoms with Crippen LogP contribution in [-0.4, -0.2) is 35.9 Å². The number of fused-ring (bicyclic) bond motifs is 6. The average molecular weight is 455 g/mol. The number of benzene rings is 1. The van der Waals surface area contributed by atoms with E-state index in [1.54, 1.807) is 7.11 Å². The fourth-order valence-electron chi connectivity index (χ4n) is 5.59. The summed E-state index contributed by atoms with van der Waals surface area (Å²) >= 11 is 0. The van der Waals surface area contributed by atoms with Gasteiger partial charge in [0.1, 0.15) is 5.56 Å². The van der Waals surface area contributed by atoms with Crippen molar-refractivity contribution in [2.24, 2.45) is 11.1 Å². The highest BCUT2D eigenvalue weighted by atomic mass is 16.5. The Kier molecular flexibility index (Phi) is 6.52. The van der Waals surface area contributed by atoms with Crippen molar-refractivity contribution in [3.63, 3.8) is 0 Å². The molecule has 3 N–H and O–H groups in total. The van der Waals surface area contributed by atoms with Gasteiger partial charge < -0.3 is 24.9 Å². The van der Waals surface area contributed by atoms with Crippen molar-refractivity contribution in [1.82, 2.24) is 4.57 Å². The Labute approximate surface area is 194 Å². The van der Waals surface area contributed by atoms with Gasteiger partial charge in [0.25, 0.3) is 0 Å². The number of hydrogen-bond acceptors (Lipinski definition) is 5. The molecular weight excluding hydrogens is 420 g/mol. The molecule has 1 fully saturated rings. The highest BCUT2D eigenvalue weighted by Gasteiger charge is 2.47. The van der Waals surface area contributed by atoms with Crippen molar-refractivity contribution >= 4 is 5.97 Å². The van der Waals surface area contributed by atoms with Crippen LogP contribution in [-0.2, 0) is 0 Å². The van der Waals surface area contributed by atoms with Crippen molar-refractivity contribution in [2.45, 2.75) is 64.3 Å². The largest absolute Gasteiger partial charge is 0.493 e. The first-order valence-electron chi connectivity index (χ1n) is 11.8. The lowest BCUT2D eigenvalue weighted by Crippen LogP contribution is -2.32. The number of hydrogen-bond donors (Lipinski definition) is 2. The van der Waals surface area contributed by atoms with Crippen molar-refractivity contribution in [3.8, 4) is 22.8 Å². The molecule has 7 nitrogen and oxygen atoms in total. The third-order valence-corrected chi connectivity index (χ3v) is 7.26. The molecule has 1 saturated carbocycles. The number of methoxy groups -OCH3 is 1. The van der Waals surface area contributed by atoms with Gasteiger partial charge >= 0.3 is 5.97 Å². The summed E-state index contributed by atoms with van der Waals surface area (Å²) in [5, 5.41) is 9.55. The number of carbonyl (C=O) groups is 1. The minimum atomic E-state index is -1.19. The molecule has 2 aliphatic rings. The summed E-state index contributed by atoms with van der Waals surface area (Å²) in [5.74, 6) is 0.356. The zero-order chi connectivity index (χ0) is 23.8. The second kappa shape index (κ2) is 9.21. The van der Waals surface area contributed by atoms with Gasteiger partial charge in [0, 0.05) is 29.8 Å². The van der Waals surface area contributed by atoms with Crippen molar-refractivity contribution < 1.29 is 19.4 Å². The highest BCUT2D eigenvalue weighted by molar-refractivity contribution is 5.88. The molecule has 2 heterocycles. The van der Waals surface area contributed by atoms with Gasteiger partial charge in [-0.05, 0) is 55.3 Å². The van der Waals surface area contributed by atoms with E-state index in [9.17, 15) is 14.7 Å². The van der Waals surface area contributed by atoms with Crippen LogP contribution in [0.3, 0.4) is 0 Å². The lowest BCUT2D eigenvalue weighted by atomic mass is 9.77. The van der Waals surface area contributed by atoms with Crippen LogP contribution in [0.2, 0.25) is 0 Å². The SMILES string of the molecule is COc1cc2c(cc1OCCCCCCN)C1CCC(C)(C)C1n1cc(C(=O)O)c(=O)cc1-2. The highest BCUT2D eigenvalue weighted by Crippen LogP contribution is 2.59. The maximum Gasteiger partial charge on any atom is 0.341 e. The van der Waals surface area contributed by atoms with E-state index in [2.05, 4.69) is 19.9 Å². The molecule has 1 aliphatic heterocycles. The van der Waals surface area contributed by atoms with E-state index in [0.29, 0.717) is 12.4 Å². The topological polar surface area (TPSA) is 104 Å². The van der Waals surface area contributed by atoms with E-state index in [1.165, 1.54) is 12.3 Å². The van der Waals surface area contributed by atoms with Gasteiger partial charge in [-0.25, -0.2) is 4.79 Å². The molecule has 1 aromatic heterocycles. The van der Waals surface area contributed by atoms with Gasteiger partial charge in [0.15, 0.2) is 16.9 Å². The molecule has 2 atom stereocenters. The van der Waals surface area contributed by atoms with E-state index in [-0.39, 0.29) is 22.9 Å². The molecule has 0 radical (unpaired) electrons. The second-order valence-electron chi connectivity index (χ2n) is 9.87. The predicted octanol–water partition coefficient (Wildman–Crippen LogP) is 4.58. The number of ether oxygens (including phenoxy) is 2. The van der Waals surface area contributed by atoms with Crippen molar-refractivity contribution in [1.29, 1.82) is 0 Å². The predicted molar refractivity (Wildman–Crippen MR) is 127 cm³/mol. The van der Waals surface area contributed by atoms with Crippen molar-refractivity contribution in [3.05, 3.63) is 45.7 Å². The number of nitrogens with zero attached hydrogens (tertiary/aromatic N) is 1. The first-order chi connectivity index (χ1) is 15.8. The standard InChI is InChI=1S/C26H34N2O5/c1-26(2)9-8-16-17-12-23(33-11-7-5-4-6-10-27)22(32-3)13-18(17)20-14-21(29)19(25(30)31)15-28(20)24(16)26/h12-16,24H,4-11,27H2,1-3H3,(H,30,31). The van der Waals surface area contributed by atoms with Gasteiger partial charge in [-0.15, -0.1) is 0 Å². The Morgan fingerprint density at radius 1 is 1.18 bits per heavy atom. The molecule has 0 spiro atoms. The maximum absolute atomic E-state index is 12.6. The maximum atomic E-state index is 12.6. The van der Waals surface area contributed by atoms with Crippen LogP contribution in [0.1, 0.15) is 80.3 Å². The lowest BCUT2D eigenvalue weighted by molar-refractivity contribution is 0.0693. The number of nitrogens with two attached hydrogens (primary N) is 1. The second-order valence-corrected chi connectivity index (χ2v) is 9.87. The van der Waals surface area contributed by atoms with Crippen LogP contribution in [0.5, 0.6) is 11.5 Å². The first kappa shape index (κ1) is 23.4. The molecule has 0 saturated heterocycles. The minimum Gasteiger partial charge on any atom is -0.493 e. The molecule has 0 amide bonds. The summed E-state index contributed by atoms with van der Waals surface area (Å²) in [4.78, 5) is 24.3. The molecule has 2 unspecified atom stereocenters. The van der Waals surface area contributed by atoms with E-state index in [1.807, 2.05) is 10.6 Å². The number of carboxylic acid groups (broad SMARTS) is 1. The van der Waals surface area contributed by atoms with E-state index in [4.69, 9.17) is 15.2 Å². The number of aromatic carboxylic acids is 1. The molecule has 178 valence electrons. The Balaban J connectivity index is 1.76. The fourth-order valence-corrected chi connectivity index (χ4v) is 5.59. The Morgan fingerprint density at radius 2 is 1.94 bits per heavy atom. The molecule has 1 aliphatic carbocycles. The summed E-state index contributed by atoms with van der Waals surface area (Å²) in [5.41, 5.74) is 7.66. The molecule has 4 rings (SSSR count). The Morgan fingerprint density at radius 3 is 2.64 bits per heavy atom. The van der Waals surface area contributed by atoms with Crippen molar-refractivity contribution in [2.75, 3.05) is 20.3 Å². The first-order valence-corrected chi connectivity index (χ1v) is 11.8. The molecule has 2 aromatic rings. The number of aromatic nitrogens is 1. The molecule has 0 bridgehead atoms. The minimum absolute atomic E-state index is 0.0358. The summed E-state index contributed by atoms with van der Waals surface area (Å²) in [6.07, 6.45) is 7.70. The number of pyridine rings is 1.